The van der Waals surface area contributed by atoms with Gasteiger partial charge in [-0.05, 0) is 42.7 Å². The van der Waals surface area contributed by atoms with E-state index >= 15 is 0 Å². The van der Waals surface area contributed by atoms with Gasteiger partial charge in [-0.15, -0.1) is 0 Å². The molecular formula is C17H28N2O. The minimum absolute atomic E-state index is 0.222. The fourth-order valence-corrected chi connectivity index (χ4v) is 3.20. The molecular weight excluding hydrogens is 248 g/mol. The first-order valence-corrected chi connectivity index (χ1v) is 7.95. The van der Waals surface area contributed by atoms with Crippen molar-refractivity contribution in [2.24, 2.45) is 17.8 Å². The largest absolute Gasteiger partial charge is 0.396 e. The molecule has 4 atom stereocenters. The van der Waals surface area contributed by atoms with Crippen molar-refractivity contribution in [2.75, 3.05) is 13.2 Å². The van der Waals surface area contributed by atoms with Crippen LogP contribution in [0.15, 0.2) is 24.4 Å². The number of pyridine rings is 1. The summed E-state index contributed by atoms with van der Waals surface area (Å²) < 4.78 is 0. The zero-order chi connectivity index (χ0) is 14.4. The molecule has 0 saturated heterocycles. The highest BCUT2D eigenvalue weighted by Crippen LogP contribution is 2.29. The molecule has 3 nitrogen and oxygen atoms in total. The summed E-state index contributed by atoms with van der Waals surface area (Å²) in [5.41, 5.74) is 1.07. The van der Waals surface area contributed by atoms with E-state index < -0.39 is 0 Å². The van der Waals surface area contributed by atoms with E-state index in [1.165, 1.54) is 19.3 Å². The lowest BCUT2D eigenvalue weighted by Gasteiger charge is -2.35. The lowest BCUT2D eigenvalue weighted by molar-refractivity contribution is 0.178. The van der Waals surface area contributed by atoms with Gasteiger partial charge in [0, 0.05) is 31.1 Å². The minimum atomic E-state index is 0.222. The Morgan fingerprint density at radius 1 is 1.35 bits per heavy atom. The molecule has 0 aromatic carbocycles. The van der Waals surface area contributed by atoms with E-state index in [9.17, 15) is 5.11 Å². The molecule has 20 heavy (non-hydrogen) atoms. The maximum absolute atomic E-state index is 9.57. The van der Waals surface area contributed by atoms with Crippen LogP contribution in [0.4, 0.5) is 0 Å². The molecule has 2 N–H and O–H groups in total. The van der Waals surface area contributed by atoms with Crippen LogP contribution in [-0.4, -0.2) is 29.3 Å². The quantitative estimate of drug-likeness (QED) is 0.839. The molecule has 1 aromatic heterocycles. The molecule has 112 valence electrons. The van der Waals surface area contributed by atoms with Crippen molar-refractivity contribution in [3.8, 4) is 0 Å². The van der Waals surface area contributed by atoms with Gasteiger partial charge < -0.3 is 10.4 Å². The van der Waals surface area contributed by atoms with Gasteiger partial charge in [-0.1, -0.05) is 32.8 Å². The number of aliphatic hydroxyl groups is 1. The van der Waals surface area contributed by atoms with Crippen molar-refractivity contribution in [1.82, 2.24) is 10.3 Å². The average Bonchev–Trinajstić information content (AvgIpc) is 2.48. The van der Waals surface area contributed by atoms with Crippen molar-refractivity contribution in [1.29, 1.82) is 0 Å². The molecule has 1 aromatic rings. The third-order valence-corrected chi connectivity index (χ3v) is 4.86. The van der Waals surface area contributed by atoms with Gasteiger partial charge in [0.05, 0.1) is 0 Å². The van der Waals surface area contributed by atoms with E-state index in [1.807, 2.05) is 24.4 Å². The highest BCUT2D eigenvalue weighted by atomic mass is 16.3. The molecule has 0 aliphatic heterocycles. The molecule has 0 amide bonds. The first-order valence-electron chi connectivity index (χ1n) is 7.95. The zero-order valence-electron chi connectivity index (χ0n) is 12.8. The van der Waals surface area contributed by atoms with Gasteiger partial charge in [0.15, 0.2) is 0 Å². The maximum atomic E-state index is 9.57. The van der Waals surface area contributed by atoms with Gasteiger partial charge >= 0.3 is 0 Å². The Hall–Kier alpha value is -0.930. The van der Waals surface area contributed by atoms with Crippen LogP contribution in [0, 0.1) is 17.8 Å². The van der Waals surface area contributed by atoms with Crippen molar-refractivity contribution < 1.29 is 5.11 Å². The minimum Gasteiger partial charge on any atom is -0.396 e. The van der Waals surface area contributed by atoms with E-state index in [4.69, 9.17) is 0 Å². The van der Waals surface area contributed by atoms with Gasteiger partial charge in [-0.25, -0.2) is 0 Å². The second-order valence-corrected chi connectivity index (χ2v) is 6.36. The van der Waals surface area contributed by atoms with E-state index in [-0.39, 0.29) is 12.5 Å². The zero-order valence-corrected chi connectivity index (χ0v) is 12.8. The Balaban J connectivity index is 1.81. The van der Waals surface area contributed by atoms with Crippen LogP contribution in [0.3, 0.4) is 0 Å². The summed E-state index contributed by atoms with van der Waals surface area (Å²) >= 11 is 0. The Morgan fingerprint density at radius 2 is 2.20 bits per heavy atom. The van der Waals surface area contributed by atoms with E-state index in [0.29, 0.717) is 6.04 Å². The maximum Gasteiger partial charge on any atom is 0.0475 e. The molecule has 4 unspecified atom stereocenters. The van der Waals surface area contributed by atoms with E-state index in [2.05, 4.69) is 24.1 Å². The standard InChI is InChI=1S/C17H28N2O/c1-13-6-5-8-17(14(13)2)19-11-15(12-20)10-16-7-3-4-9-18-16/h3-4,7,9,13-15,17,19-20H,5-6,8,10-12H2,1-2H3. The second kappa shape index (κ2) is 7.75. The normalized spacial score (nSPS) is 28.2. The van der Waals surface area contributed by atoms with Crippen LogP contribution in [0.25, 0.3) is 0 Å². The van der Waals surface area contributed by atoms with Crippen molar-refractivity contribution in [2.45, 2.75) is 45.6 Å². The van der Waals surface area contributed by atoms with Crippen LogP contribution in [0.5, 0.6) is 0 Å². The Labute approximate surface area is 122 Å². The smallest absolute Gasteiger partial charge is 0.0475 e. The average molecular weight is 276 g/mol. The first kappa shape index (κ1) is 15.5. The first-order chi connectivity index (χ1) is 9.70. The number of aliphatic hydroxyl groups excluding tert-OH is 1. The van der Waals surface area contributed by atoms with E-state index in [0.717, 1.165) is 30.5 Å². The highest BCUT2D eigenvalue weighted by Gasteiger charge is 2.27. The Morgan fingerprint density at radius 3 is 2.90 bits per heavy atom. The van der Waals surface area contributed by atoms with Gasteiger partial charge in [-0.3, -0.25) is 4.98 Å². The number of aromatic nitrogens is 1. The van der Waals surface area contributed by atoms with Crippen molar-refractivity contribution in [3.63, 3.8) is 0 Å². The number of nitrogens with one attached hydrogen (secondary N) is 1. The van der Waals surface area contributed by atoms with Gasteiger partial charge in [0.2, 0.25) is 0 Å². The highest BCUT2D eigenvalue weighted by molar-refractivity contribution is 5.04. The third kappa shape index (κ3) is 4.29. The number of hydrogen-bond acceptors (Lipinski definition) is 3. The summed E-state index contributed by atoms with van der Waals surface area (Å²) in [6, 6.07) is 6.58. The van der Waals surface area contributed by atoms with Gasteiger partial charge in [0.25, 0.3) is 0 Å². The summed E-state index contributed by atoms with van der Waals surface area (Å²) in [5.74, 6) is 1.80. The molecule has 1 aliphatic carbocycles. The summed E-state index contributed by atoms with van der Waals surface area (Å²) in [5, 5.41) is 13.3. The fourth-order valence-electron chi connectivity index (χ4n) is 3.20. The summed E-state index contributed by atoms with van der Waals surface area (Å²) in [4.78, 5) is 4.35. The van der Waals surface area contributed by atoms with Crippen LogP contribution in [0.1, 0.15) is 38.8 Å². The molecule has 1 saturated carbocycles. The predicted molar refractivity (Wildman–Crippen MR) is 82.5 cm³/mol. The number of hydrogen-bond donors (Lipinski definition) is 2. The number of nitrogens with zero attached hydrogens (tertiary/aromatic N) is 1. The van der Waals surface area contributed by atoms with Crippen LogP contribution in [-0.2, 0) is 6.42 Å². The fraction of sp³-hybridized carbons (Fsp3) is 0.706. The van der Waals surface area contributed by atoms with Gasteiger partial charge in [-0.2, -0.15) is 0 Å². The van der Waals surface area contributed by atoms with Crippen LogP contribution in [0.2, 0.25) is 0 Å². The SMILES string of the molecule is CC1CCCC(NCC(CO)Cc2ccccn2)C1C. The van der Waals surface area contributed by atoms with Crippen molar-refractivity contribution in [3.05, 3.63) is 30.1 Å². The molecule has 1 fully saturated rings. The molecule has 2 rings (SSSR count). The van der Waals surface area contributed by atoms with E-state index in [1.54, 1.807) is 0 Å². The second-order valence-electron chi connectivity index (χ2n) is 6.36. The molecule has 1 heterocycles. The third-order valence-electron chi connectivity index (χ3n) is 4.86. The van der Waals surface area contributed by atoms with Gasteiger partial charge in [0.1, 0.15) is 0 Å². The summed E-state index contributed by atoms with van der Waals surface area (Å²) in [6.45, 7) is 5.82. The topological polar surface area (TPSA) is 45.1 Å². The van der Waals surface area contributed by atoms with Crippen LogP contribution >= 0.6 is 0 Å². The summed E-state index contributed by atoms with van der Waals surface area (Å²) in [6.07, 6.45) is 6.63. The number of rotatable bonds is 6. The van der Waals surface area contributed by atoms with Crippen LogP contribution < -0.4 is 5.32 Å². The molecule has 0 radical (unpaired) electrons. The summed E-state index contributed by atoms with van der Waals surface area (Å²) in [7, 11) is 0. The molecule has 1 aliphatic rings. The lowest BCUT2D eigenvalue weighted by atomic mass is 9.78. The molecule has 0 bridgehead atoms. The lowest BCUT2D eigenvalue weighted by Crippen LogP contribution is -2.43. The Kier molecular flexibility index (Phi) is 5.99. The Bertz CT molecular complexity index is 382. The molecule has 0 spiro atoms. The predicted octanol–water partition coefficient (Wildman–Crippen LogP) is 2.65. The van der Waals surface area contributed by atoms with Crippen molar-refractivity contribution >= 4 is 0 Å². The monoisotopic (exact) mass is 276 g/mol. The molecule has 3 heteroatoms.